The number of halogens is 2. The van der Waals surface area contributed by atoms with Gasteiger partial charge in [0.25, 0.3) is 0 Å². The smallest absolute Gasteiger partial charge is 0.164 e. The van der Waals surface area contributed by atoms with Crippen molar-refractivity contribution >= 4 is 17.4 Å². The molecule has 1 rings (SSSR count). The summed E-state index contributed by atoms with van der Waals surface area (Å²) in [6.45, 7) is 2.15. The summed E-state index contributed by atoms with van der Waals surface area (Å²) in [6.07, 6.45) is 5.89. The third-order valence-corrected chi connectivity index (χ3v) is 3.14. The third-order valence-electron chi connectivity index (χ3n) is 2.76. The van der Waals surface area contributed by atoms with Crippen molar-refractivity contribution in [1.82, 2.24) is 0 Å². The van der Waals surface area contributed by atoms with E-state index >= 15 is 0 Å². The molecule has 0 saturated carbocycles. The van der Waals surface area contributed by atoms with Gasteiger partial charge in [0.15, 0.2) is 5.78 Å². The minimum atomic E-state index is -0.525. The molecule has 3 heteroatoms. The largest absolute Gasteiger partial charge is 0.294 e. The molecule has 0 aromatic heterocycles. The molecule has 0 aliphatic heterocycles. The fraction of sp³-hybridized carbons (Fsp3) is 0.500. The van der Waals surface area contributed by atoms with E-state index in [1.54, 1.807) is 6.07 Å². The molecule has 0 amide bonds. The summed E-state index contributed by atoms with van der Waals surface area (Å²) in [5.41, 5.74) is 0.308. The number of hydrogen-bond donors (Lipinski definition) is 0. The number of rotatable bonds is 7. The minimum Gasteiger partial charge on any atom is -0.294 e. The standard InChI is InChI=1S/C14H18ClFO/c1-2-3-4-5-6-10-13(17)11-8-7-9-12(16)14(11)15/h7-9H,2-6,10H2,1H3. The molecule has 0 spiro atoms. The van der Waals surface area contributed by atoms with Crippen molar-refractivity contribution in [2.24, 2.45) is 0 Å². The predicted octanol–water partition coefficient (Wildman–Crippen LogP) is 5.02. The Labute approximate surface area is 107 Å². The topological polar surface area (TPSA) is 17.1 Å². The van der Waals surface area contributed by atoms with Crippen LogP contribution in [0.15, 0.2) is 18.2 Å². The Morgan fingerprint density at radius 3 is 2.65 bits per heavy atom. The molecule has 1 aromatic rings. The fourth-order valence-corrected chi connectivity index (χ4v) is 1.97. The Morgan fingerprint density at radius 1 is 1.24 bits per heavy atom. The van der Waals surface area contributed by atoms with Crippen molar-refractivity contribution < 1.29 is 9.18 Å². The van der Waals surface area contributed by atoms with Crippen molar-refractivity contribution in [2.75, 3.05) is 0 Å². The highest BCUT2D eigenvalue weighted by molar-refractivity contribution is 6.34. The molecule has 0 atom stereocenters. The highest BCUT2D eigenvalue weighted by Gasteiger charge is 2.12. The average molecular weight is 257 g/mol. The maximum atomic E-state index is 13.1. The summed E-state index contributed by atoms with van der Waals surface area (Å²) >= 11 is 5.75. The van der Waals surface area contributed by atoms with Crippen LogP contribution in [0.5, 0.6) is 0 Å². The van der Waals surface area contributed by atoms with Crippen LogP contribution in [-0.2, 0) is 0 Å². The van der Waals surface area contributed by atoms with Crippen LogP contribution in [0.4, 0.5) is 4.39 Å². The Kier molecular flexibility index (Phi) is 6.20. The second-order valence-electron chi connectivity index (χ2n) is 4.19. The molecule has 0 aliphatic carbocycles. The summed E-state index contributed by atoms with van der Waals surface area (Å²) in [6, 6.07) is 4.37. The third kappa shape index (κ3) is 4.47. The van der Waals surface area contributed by atoms with E-state index in [4.69, 9.17) is 11.6 Å². The van der Waals surface area contributed by atoms with Gasteiger partial charge < -0.3 is 0 Å². The first-order valence-electron chi connectivity index (χ1n) is 6.14. The molecule has 0 N–H and O–H groups in total. The van der Waals surface area contributed by atoms with Crippen LogP contribution < -0.4 is 0 Å². The SMILES string of the molecule is CCCCCCCC(=O)c1cccc(F)c1Cl. The number of carbonyl (C=O) groups is 1. The number of Topliss-reactive ketones (excluding diaryl/α,β-unsaturated/α-hetero) is 1. The van der Waals surface area contributed by atoms with Crippen LogP contribution in [-0.4, -0.2) is 5.78 Å². The Hall–Kier alpha value is -0.890. The van der Waals surface area contributed by atoms with Gasteiger partial charge in [0.2, 0.25) is 0 Å². The Bertz CT molecular complexity index is 376. The zero-order valence-electron chi connectivity index (χ0n) is 10.1. The fourth-order valence-electron chi connectivity index (χ4n) is 1.74. The molecule has 94 valence electrons. The van der Waals surface area contributed by atoms with E-state index < -0.39 is 5.82 Å². The average Bonchev–Trinajstić information content (AvgIpc) is 2.32. The van der Waals surface area contributed by atoms with Crippen LogP contribution in [0.3, 0.4) is 0 Å². The molecule has 0 unspecified atom stereocenters. The van der Waals surface area contributed by atoms with E-state index in [-0.39, 0.29) is 10.8 Å². The summed E-state index contributed by atoms with van der Waals surface area (Å²) in [5, 5.41) is -0.0499. The van der Waals surface area contributed by atoms with E-state index in [9.17, 15) is 9.18 Å². The van der Waals surface area contributed by atoms with Crippen LogP contribution in [0.1, 0.15) is 55.8 Å². The van der Waals surface area contributed by atoms with Crippen molar-refractivity contribution in [3.63, 3.8) is 0 Å². The van der Waals surface area contributed by atoms with Gasteiger partial charge >= 0.3 is 0 Å². The maximum Gasteiger partial charge on any atom is 0.164 e. The number of unbranched alkanes of at least 4 members (excludes halogenated alkanes) is 4. The molecular formula is C14H18ClFO. The lowest BCUT2D eigenvalue weighted by atomic mass is 10.0. The first kappa shape index (κ1) is 14.2. The molecular weight excluding hydrogens is 239 g/mol. The molecule has 0 fully saturated rings. The van der Waals surface area contributed by atoms with Gasteiger partial charge in [-0.15, -0.1) is 0 Å². The summed E-state index contributed by atoms with van der Waals surface area (Å²) in [7, 11) is 0. The van der Waals surface area contributed by atoms with E-state index in [1.807, 2.05) is 0 Å². The number of ketones is 1. The van der Waals surface area contributed by atoms with Crippen LogP contribution in [0.2, 0.25) is 5.02 Å². The highest BCUT2D eigenvalue weighted by Crippen LogP contribution is 2.21. The van der Waals surface area contributed by atoms with E-state index in [0.717, 1.165) is 19.3 Å². The van der Waals surface area contributed by atoms with Gasteiger partial charge in [0.1, 0.15) is 5.82 Å². The molecule has 1 aromatic carbocycles. The zero-order chi connectivity index (χ0) is 12.7. The molecule has 0 heterocycles. The Balaban J connectivity index is 2.44. The van der Waals surface area contributed by atoms with Gasteiger partial charge in [-0.25, -0.2) is 4.39 Å². The normalized spacial score (nSPS) is 10.5. The molecule has 1 nitrogen and oxygen atoms in total. The monoisotopic (exact) mass is 256 g/mol. The van der Waals surface area contributed by atoms with Crippen molar-refractivity contribution in [2.45, 2.75) is 45.4 Å². The number of benzene rings is 1. The van der Waals surface area contributed by atoms with Gasteiger partial charge in [-0.3, -0.25) is 4.79 Å². The lowest BCUT2D eigenvalue weighted by Gasteiger charge is -2.04. The summed E-state index contributed by atoms with van der Waals surface area (Å²) in [4.78, 5) is 11.8. The minimum absolute atomic E-state index is 0.0499. The van der Waals surface area contributed by atoms with Crippen LogP contribution in [0, 0.1) is 5.82 Å². The molecule has 0 aliphatic rings. The zero-order valence-corrected chi connectivity index (χ0v) is 10.9. The second-order valence-corrected chi connectivity index (χ2v) is 4.57. The van der Waals surface area contributed by atoms with E-state index in [0.29, 0.717) is 12.0 Å². The van der Waals surface area contributed by atoms with Crippen molar-refractivity contribution in [3.05, 3.63) is 34.6 Å². The molecule has 0 bridgehead atoms. The number of hydrogen-bond acceptors (Lipinski definition) is 1. The van der Waals surface area contributed by atoms with Crippen molar-refractivity contribution in [1.29, 1.82) is 0 Å². The van der Waals surface area contributed by atoms with Gasteiger partial charge in [-0.1, -0.05) is 50.3 Å². The first-order valence-corrected chi connectivity index (χ1v) is 6.51. The van der Waals surface area contributed by atoms with E-state index in [1.165, 1.54) is 25.0 Å². The van der Waals surface area contributed by atoms with Crippen LogP contribution in [0.25, 0.3) is 0 Å². The van der Waals surface area contributed by atoms with Crippen molar-refractivity contribution in [3.8, 4) is 0 Å². The molecule has 0 radical (unpaired) electrons. The number of carbonyl (C=O) groups excluding carboxylic acids is 1. The summed E-state index contributed by atoms with van der Waals surface area (Å²) in [5.74, 6) is -0.588. The maximum absolute atomic E-state index is 13.1. The van der Waals surface area contributed by atoms with Gasteiger partial charge in [0.05, 0.1) is 5.02 Å². The van der Waals surface area contributed by atoms with Gasteiger partial charge in [-0.2, -0.15) is 0 Å². The summed E-state index contributed by atoms with van der Waals surface area (Å²) < 4.78 is 13.1. The second kappa shape index (κ2) is 7.44. The first-order chi connectivity index (χ1) is 8.16. The lowest BCUT2D eigenvalue weighted by Crippen LogP contribution is -2.01. The highest BCUT2D eigenvalue weighted by atomic mass is 35.5. The van der Waals surface area contributed by atoms with Gasteiger partial charge in [-0.05, 0) is 18.6 Å². The van der Waals surface area contributed by atoms with Gasteiger partial charge in [0, 0.05) is 12.0 Å². The van der Waals surface area contributed by atoms with E-state index in [2.05, 4.69) is 6.92 Å². The Morgan fingerprint density at radius 2 is 1.94 bits per heavy atom. The quantitative estimate of drug-likeness (QED) is 0.494. The molecule has 17 heavy (non-hydrogen) atoms. The predicted molar refractivity (Wildman–Crippen MR) is 69.1 cm³/mol. The molecule has 0 saturated heterocycles. The lowest BCUT2D eigenvalue weighted by molar-refractivity contribution is 0.0979. The van der Waals surface area contributed by atoms with Crippen LogP contribution >= 0.6 is 11.6 Å².